The van der Waals surface area contributed by atoms with Crippen LogP contribution in [0.4, 0.5) is 4.79 Å². The first-order chi connectivity index (χ1) is 14.4. The molecule has 1 saturated heterocycles. The van der Waals surface area contributed by atoms with Crippen molar-refractivity contribution in [2.45, 2.75) is 30.4 Å². The van der Waals surface area contributed by atoms with Gasteiger partial charge < -0.3 is 14.5 Å². The van der Waals surface area contributed by atoms with Crippen LogP contribution in [-0.4, -0.2) is 52.7 Å². The molecular formula is C20H22N4O5S. The highest BCUT2D eigenvalue weighted by molar-refractivity contribution is 7.98. The van der Waals surface area contributed by atoms with E-state index >= 15 is 0 Å². The van der Waals surface area contributed by atoms with Crippen molar-refractivity contribution in [3.05, 3.63) is 53.9 Å². The van der Waals surface area contributed by atoms with Gasteiger partial charge in [0.15, 0.2) is 0 Å². The van der Waals surface area contributed by atoms with E-state index in [1.54, 1.807) is 19.1 Å². The van der Waals surface area contributed by atoms with Crippen LogP contribution >= 0.6 is 11.8 Å². The summed E-state index contributed by atoms with van der Waals surface area (Å²) in [5.74, 6) is -0.259. The maximum atomic E-state index is 12.6. The van der Waals surface area contributed by atoms with E-state index in [2.05, 4.69) is 26.8 Å². The number of nitrogens with zero attached hydrogens (tertiary/aromatic N) is 3. The fourth-order valence-electron chi connectivity index (χ4n) is 3.02. The number of carbonyl (C=O) groups excluding carboxylic acids is 3. The van der Waals surface area contributed by atoms with Gasteiger partial charge in [-0.3, -0.25) is 9.69 Å². The van der Waals surface area contributed by atoms with Crippen LogP contribution in [0.2, 0.25) is 0 Å². The number of rotatable bonds is 8. The van der Waals surface area contributed by atoms with Gasteiger partial charge >= 0.3 is 12.0 Å². The Morgan fingerprint density at radius 2 is 2.07 bits per heavy atom. The van der Waals surface area contributed by atoms with Gasteiger partial charge in [-0.25, -0.2) is 9.59 Å². The molecule has 1 fully saturated rings. The third-order valence-corrected chi connectivity index (χ3v) is 5.56. The van der Waals surface area contributed by atoms with Crippen molar-refractivity contribution in [1.82, 2.24) is 20.4 Å². The number of esters is 1. The van der Waals surface area contributed by atoms with Gasteiger partial charge in [0.2, 0.25) is 11.8 Å². The van der Waals surface area contributed by atoms with Crippen molar-refractivity contribution >= 4 is 29.7 Å². The highest BCUT2D eigenvalue weighted by atomic mass is 32.2. The minimum absolute atomic E-state index is 0.146. The van der Waals surface area contributed by atoms with Crippen molar-refractivity contribution in [3.63, 3.8) is 0 Å². The zero-order chi connectivity index (χ0) is 21.7. The topological polar surface area (TPSA) is 115 Å². The number of hydrogen-bond acceptors (Lipinski definition) is 8. The number of imide groups is 1. The largest absolute Gasteiger partial charge is 0.465 e. The lowest BCUT2D eigenvalue weighted by molar-refractivity contribution is -0.134. The van der Waals surface area contributed by atoms with Crippen molar-refractivity contribution in [1.29, 1.82) is 0 Å². The summed E-state index contributed by atoms with van der Waals surface area (Å²) in [6.45, 7) is 5.50. The number of ether oxygens (including phenoxy) is 1. The Hall–Kier alpha value is -3.14. The van der Waals surface area contributed by atoms with Crippen LogP contribution in [0.5, 0.6) is 0 Å². The van der Waals surface area contributed by atoms with E-state index in [0.717, 1.165) is 10.5 Å². The monoisotopic (exact) mass is 430 g/mol. The number of benzene rings is 1. The molecule has 2 heterocycles. The molecule has 9 nitrogen and oxygen atoms in total. The van der Waals surface area contributed by atoms with Gasteiger partial charge in [-0.2, -0.15) is 0 Å². The minimum atomic E-state index is -0.494. The molecule has 3 rings (SSSR count). The van der Waals surface area contributed by atoms with Gasteiger partial charge in [-0.15, -0.1) is 16.8 Å². The second-order valence-corrected chi connectivity index (χ2v) is 7.65. The summed E-state index contributed by atoms with van der Waals surface area (Å²) >= 11 is 1.35. The average molecular weight is 430 g/mol. The molecular weight excluding hydrogens is 408 g/mol. The van der Waals surface area contributed by atoms with E-state index < -0.39 is 11.9 Å². The molecule has 1 aliphatic heterocycles. The van der Waals surface area contributed by atoms with Crippen molar-refractivity contribution in [2.75, 3.05) is 13.7 Å². The molecule has 2 aromatic rings. The van der Waals surface area contributed by atoms with Gasteiger partial charge in [0, 0.05) is 24.8 Å². The van der Waals surface area contributed by atoms with Crippen LogP contribution in [-0.2, 0) is 21.7 Å². The first-order valence-corrected chi connectivity index (χ1v) is 10.3. The summed E-state index contributed by atoms with van der Waals surface area (Å²) in [7, 11) is 1.34. The Morgan fingerprint density at radius 3 is 2.73 bits per heavy atom. The number of hydrogen-bond donors (Lipinski definition) is 1. The highest BCUT2D eigenvalue weighted by Gasteiger charge is 2.39. The number of urea groups is 1. The van der Waals surface area contributed by atoms with Gasteiger partial charge in [0.05, 0.1) is 18.6 Å². The normalized spacial score (nSPS) is 18.8. The van der Waals surface area contributed by atoms with E-state index in [4.69, 9.17) is 4.42 Å². The Bertz CT molecular complexity index is 943. The molecule has 2 atom stereocenters. The third-order valence-electron chi connectivity index (χ3n) is 4.67. The molecule has 2 unspecified atom stereocenters. The van der Waals surface area contributed by atoms with Gasteiger partial charge in [-0.05, 0) is 24.6 Å². The Kier molecular flexibility index (Phi) is 6.88. The molecule has 30 heavy (non-hydrogen) atoms. The maximum Gasteiger partial charge on any atom is 0.337 e. The summed E-state index contributed by atoms with van der Waals surface area (Å²) in [6, 6.07) is 6.28. The first-order valence-electron chi connectivity index (χ1n) is 9.28. The predicted molar refractivity (Wildman–Crippen MR) is 109 cm³/mol. The minimum Gasteiger partial charge on any atom is -0.465 e. The molecule has 1 aliphatic rings. The highest BCUT2D eigenvalue weighted by Crippen LogP contribution is 2.24. The zero-order valence-electron chi connectivity index (χ0n) is 16.7. The van der Waals surface area contributed by atoms with Crippen molar-refractivity contribution < 1.29 is 23.5 Å². The fourth-order valence-corrected chi connectivity index (χ4v) is 3.76. The fraction of sp³-hybridized carbons (Fsp3) is 0.350. The van der Waals surface area contributed by atoms with Crippen LogP contribution in [0.25, 0.3) is 0 Å². The molecule has 3 amide bonds. The second kappa shape index (κ2) is 9.57. The SMILES string of the molecule is C=CCN1C(=O)NC(C)C(Cc2nnc(SCc3ccc(C(=O)OC)cc3)o2)C1=O. The van der Waals surface area contributed by atoms with Crippen molar-refractivity contribution in [2.24, 2.45) is 5.92 Å². The maximum absolute atomic E-state index is 12.6. The van der Waals surface area contributed by atoms with Gasteiger partial charge in [0.25, 0.3) is 5.22 Å². The number of carbonyl (C=O) groups is 3. The van der Waals surface area contributed by atoms with Crippen LogP contribution in [0.15, 0.2) is 46.6 Å². The molecule has 1 aromatic carbocycles. The Labute approximate surface area is 177 Å². The zero-order valence-corrected chi connectivity index (χ0v) is 17.5. The number of methoxy groups -OCH3 is 1. The number of thioether (sulfide) groups is 1. The lowest BCUT2D eigenvalue weighted by Crippen LogP contribution is -2.59. The number of nitrogens with one attached hydrogen (secondary N) is 1. The summed E-state index contributed by atoms with van der Waals surface area (Å²) < 4.78 is 10.3. The van der Waals surface area contributed by atoms with E-state index in [1.165, 1.54) is 24.9 Å². The molecule has 0 spiro atoms. The van der Waals surface area contributed by atoms with Crippen LogP contribution in [0, 0.1) is 5.92 Å². The molecule has 0 saturated carbocycles. The Morgan fingerprint density at radius 1 is 1.33 bits per heavy atom. The summed E-state index contributed by atoms with van der Waals surface area (Å²) in [5.41, 5.74) is 1.46. The molecule has 1 aromatic heterocycles. The molecule has 10 heteroatoms. The summed E-state index contributed by atoms with van der Waals surface area (Å²) in [4.78, 5) is 37.2. The van der Waals surface area contributed by atoms with Crippen LogP contribution < -0.4 is 5.32 Å². The van der Waals surface area contributed by atoms with Crippen LogP contribution in [0.1, 0.15) is 28.7 Å². The van der Waals surface area contributed by atoms with Gasteiger partial charge in [-0.1, -0.05) is 30.0 Å². The average Bonchev–Trinajstić information content (AvgIpc) is 3.20. The quantitative estimate of drug-likeness (QED) is 0.386. The Balaban J connectivity index is 1.59. The summed E-state index contributed by atoms with van der Waals surface area (Å²) in [6.07, 6.45) is 1.74. The molecule has 0 radical (unpaired) electrons. The van der Waals surface area contributed by atoms with Crippen LogP contribution in [0.3, 0.4) is 0 Å². The molecule has 1 N–H and O–H groups in total. The summed E-state index contributed by atoms with van der Waals surface area (Å²) in [5, 5.41) is 11.2. The van der Waals surface area contributed by atoms with E-state index in [1.807, 2.05) is 12.1 Å². The second-order valence-electron chi connectivity index (χ2n) is 6.73. The van der Waals surface area contributed by atoms with E-state index in [-0.39, 0.29) is 30.9 Å². The standard InChI is InChI=1S/C20H22N4O5S/c1-4-9-24-17(25)15(12(2)21-19(24)27)10-16-22-23-20(29-16)30-11-13-5-7-14(8-6-13)18(26)28-3/h4-8,12,15H,1,9-11H2,2-3H3,(H,21,27). The lowest BCUT2D eigenvalue weighted by atomic mass is 9.93. The first kappa shape index (κ1) is 21.6. The smallest absolute Gasteiger partial charge is 0.337 e. The van der Waals surface area contributed by atoms with E-state index in [9.17, 15) is 14.4 Å². The van der Waals surface area contributed by atoms with Crippen molar-refractivity contribution in [3.8, 4) is 0 Å². The van der Waals surface area contributed by atoms with Gasteiger partial charge in [0.1, 0.15) is 0 Å². The lowest BCUT2D eigenvalue weighted by Gasteiger charge is -2.34. The predicted octanol–water partition coefficient (Wildman–Crippen LogP) is 2.43. The third kappa shape index (κ3) is 4.88. The van der Waals surface area contributed by atoms with E-state index in [0.29, 0.717) is 22.4 Å². The number of aromatic nitrogens is 2. The number of amides is 3. The molecule has 0 bridgehead atoms. The molecule has 0 aliphatic carbocycles. The molecule has 158 valence electrons.